The lowest BCUT2D eigenvalue weighted by Gasteiger charge is -2.33. The maximum atomic E-state index is 15.6. The Balaban J connectivity index is 1.75. The third-order valence-electron chi connectivity index (χ3n) is 6.99. The molecule has 0 spiro atoms. The Labute approximate surface area is 205 Å². The minimum Gasteiger partial charge on any atom is -0.496 e. The molecule has 1 heterocycles. The number of hydrogen-bond donors (Lipinski definition) is 1. The minimum absolute atomic E-state index is 0.120. The Hall–Kier alpha value is -2.84. The van der Waals surface area contributed by atoms with Crippen molar-refractivity contribution in [1.29, 1.82) is 0 Å². The van der Waals surface area contributed by atoms with Crippen molar-refractivity contribution in [2.75, 3.05) is 27.4 Å². The molecule has 1 N–H and O–H groups in total. The lowest BCUT2D eigenvalue weighted by molar-refractivity contribution is -0.163. The SMILES string of the molecule is COc1cc(-c2ccc(OC3(C(=O)O)CCOCC3)cc2COC2CCCC2)c(F)c(OC)c1C. The number of hydrogen-bond acceptors (Lipinski definition) is 6. The lowest BCUT2D eigenvalue weighted by Crippen LogP contribution is -2.49. The zero-order chi connectivity index (χ0) is 25.0. The van der Waals surface area contributed by atoms with Crippen LogP contribution in [0.4, 0.5) is 4.39 Å². The van der Waals surface area contributed by atoms with Crippen molar-refractivity contribution in [3.8, 4) is 28.4 Å². The van der Waals surface area contributed by atoms with Crippen LogP contribution in [0.1, 0.15) is 49.7 Å². The minimum atomic E-state index is -1.36. The molecule has 2 aromatic carbocycles. The van der Waals surface area contributed by atoms with E-state index in [1.165, 1.54) is 14.2 Å². The van der Waals surface area contributed by atoms with E-state index >= 15 is 4.39 Å². The first kappa shape index (κ1) is 25.3. The van der Waals surface area contributed by atoms with E-state index in [1.54, 1.807) is 31.2 Å². The molecule has 0 unspecified atom stereocenters. The number of carbonyl (C=O) groups is 1. The first-order valence-electron chi connectivity index (χ1n) is 12.0. The van der Waals surface area contributed by atoms with Crippen LogP contribution in [0.2, 0.25) is 0 Å². The number of benzene rings is 2. The fraction of sp³-hybridized carbons (Fsp3) is 0.519. The van der Waals surface area contributed by atoms with Crippen molar-refractivity contribution >= 4 is 5.97 Å². The molecule has 4 rings (SSSR count). The highest BCUT2D eigenvalue weighted by atomic mass is 19.1. The summed E-state index contributed by atoms with van der Waals surface area (Å²) in [6.45, 7) is 2.62. The summed E-state index contributed by atoms with van der Waals surface area (Å²) in [6.07, 6.45) is 4.90. The van der Waals surface area contributed by atoms with Crippen LogP contribution in [-0.2, 0) is 20.9 Å². The molecule has 0 aromatic heterocycles. The normalized spacial score (nSPS) is 17.8. The molecule has 0 bridgehead atoms. The van der Waals surface area contributed by atoms with Gasteiger partial charge < -0.3 is 28.8 Å². The van der Waals surface area contributed by atoms with E-state index in [-0.39, 0.29) is 31.3 Å². The molecule has 2 aliphatic rings. The molecule has 2 aromatic rings. The Kier molecular flexibility index (Phi) is 7.82. The van der Waals surface area contributed by atoms with Crippen LogP contribution in [-0.4, -0.2) is 50.2 Å². The standard InChI is InChI=1S/C27H33FO7/c1-17-23(31-2)15-22(24(28)25(17)32-3)21-9-8-20(14-18(21)16-34-19-6-4-5-7-19)35-27(26(29)30)10-12-33-13-11-27/h8-9,14-15,19H,4-7,10-13,16H2,1-3H3,(H,29,30). The molecule has 0 radical (unpaired) electrons. The first-order chi connectivity index (χ1) is 16.9. The van der Waals surface area contributed by atoms with Crippen LogP contribution in [0.25, 0.3) is 11.1 Å². The third-order valence-corrected chi connectivity index (χ3v) is 6.99. The summed E-state index contributed by atoms with van der Waals surface area (Å²) < 4.78 is 43.9. The second-order valence-corrected chi connectivity index (χ2v) is 9.15. The van der Waals surface area contributed by atoms with Gasteiger partial charge >= 0.3 is 5.97 Å². The summed E-state index contributed by atoms with van der Waals surface area (Å²) >= 11 is 0. The molecule has 0 amide bonds. The predicted octanol–water partition coefficient (Wildman–Crippen LogP) is 5.29. The molecule has 1 aliphatic heterocycles. The molecule has 1 saturated heterocycles. The molecule has 1 saturated carbocycles. The lowest BCUT2D eigenvalue weighted by atomic mass is 9.93. The highest BCUT2D eigenvalue weighted by Crippen LogP contribution is 2.41. The van der Waals surface area contributed by atoms with E-state index in [4.69, 9.17) is 23.7 Å². The van der Waals surface area contributed by atoms with Crippen LogP contribution in [0.3, 0.4) is 0 Å². The fourth-order valence-corrected chi connectivity index (χ4v) is 4.92. The van der Waals surface area contributed by atoms with Crippen molar-refractivity contribution in [2.45, 2.75) is 63.8 Å². The smallest absolute Gasteiger partial charge is 0.348 e. The van der Waals surface area contributed by atoms with Crippen molar-refractivity contribution in [2.24, 2.45) is 0 Å². The van der Waals surface area contributed by atoms with Crippen molar-refractivity contribution < 1.29 is 38.0 Å². The molecule has 2 fully saturated rings. The molecule has 35 heavy (non-hydrogen) atoms. The van der Waals surface area contributed by atoms with Crippen LogP contribution >= 0.6 is 0 Å². The van der Waals surface area contributed by atoms with Crippen LogP contribution < -0.4 is 14.2 Å². The van der Waals surface area contributed by atoms with Crippen molar-refractivity contribution in [3.05, 3.63) is 41.2 Å². The van der Waals surface area contributed by atoms with Crippen molar-refractivity contribution in [1.82, 2.24) is 0 Å². The number of carboxylic acid groups (broad SMARTS) is 1. The highest BCUT2D eigenvalue weighted by molar-refractivity contribution is 5.78. The van der Waals surface area contributed by atoms with E-state index in [0.29, 0.717) is 47.0 Å². The molecule has 190 valence electrons. The van der Waals surface area contributed by atoms with Gasteiger partial charge in [-0.25, -0.2) is 9.18 Å². The Morgan fingerprint density at radius 3 is 2.46 bits per heavy atom. The highest BCUT2D eigenvalue weighted by Gasteiger charge is 2.43. The summed E-state index contributed by atoms with van der Waals surface area (Å²) in [5.74, 6) is -0.488. The quantitative estimate of drug-likeness (QED) is 0.513. The number of rotatable bonds is 9. The van der Waals surface area contributed by atoms with Gasteiger partial charge in [0.1, 0.15) is 11.5 Å². The van der Waals surface area contributed by atoms with Gasteiger partial charge in [0.05, 0.1) is 40.1 Å². The van der Waals surface area contributed by atoms with E-state index in [9.17, 15) is 9.90 Å². The van der Waals surface area contributed by atoms with Gasteiger partial charge in [0.15, 0.2) is 11.6 Å². The molecule has 0 atom stereocenters. The number of methoxy groups -OCH3 is 2. The maximum Gasteiger partial charge on any atom is 0.348 e. The Bertz CT molecular complexity index is 1060. The largest absolute Gasteiger partial charge is 0.496 e. The Morgan fingerprint density at radius 1 is 1.11 bits per heavy atom. The van der Waals surface area contributed by atoms with Gasteiger partial charge in [-0.05, 0) is 49.1 Å². The number of aliphatic carboxylic acids is 1. The number of ether oxygens (including phenoxy) is 5. The number of halogens is 1. The third kappa shape index (κ3) is 5.23. The average molecular weight is 489 g/mol. The summed E-state index contributed by atoms with van der Waals surface area (Å²) in [5, 5.41) is 9.89. The zero-order valence-corrected chi connectivity index (χ0v) is 20.5. The predicted molar refractivity (Wildman–Crippen MR) is 128 cm³/mol. The van der Waals surface area contributed by atoms with Gasteiger partial charge in [-0.3, -0.25) is 0 Å². The average Bonchev–Trinajstić information content (AvgIpc) is 3.38. The fourth-order valence-electron chi connectivity index (χ4n) is 4.92. The molecular weight excluding hydrogens is 455 g/mol. The van der Waals surface area contributed by atoms with Gasteiger partial charge in [-0.2, -0.15) is 0 Å². The van der Waals surface area contributed by atoms with E-state index in [2.05, 4.69) is 0 Å². The van der Waals surface area contributed by atoms with Crippen LogP contribution in [0.15, 0.2) is 24.3 Å². The number of carboxylic acids is 1. The van der Waals surface area contributed by atoms with Crippen LogP contribution in [0.5, 0.6) is 17.2 Å². The monoisotopic (exact) mass is 488 g/mol. The molecule has 7 nitrogen and oxygen atoms in total. The first-order valence-corrected chi connectivity index (χ1v) is 12.0. The second-order valence-electron chi connectivity index (χ2n) is 9.15. The molecule has 1 aliphatic carbocycles. The van der Waals surface area contributed by atoms with Crippen LogP contribution in [0, 0.1) is 12.7 Å². The molecular formula is C27H33FO7. The van der Waals surface area contributed by atoms with Gasteiger partial charge in [-0.1, -0.05) is 18.9 Å². The van der Waals surface area contributed by atoms with Gasteiger partial charge in [0.2, 0.25) is 5.60 Å². The van der Waals surface area contributed by atoms with Gasteiger partial charge in [-0.15, -0.1) is 0 Å². The summed E-state index contributed by atoms with van der Waals surface area (Å²) in [5.41, 5.74) is 0.850. The second kappa shape index (κ2) is 10.8. The maximum absolute atomic E-state index is 15.6. The summed E-state index contributed by atoms with van der Waals surface area (Å²) in [6, 6.07) is 6.82. The van der Waals surface area contributed by atoms with E-state index < -0.39 is 17.4 Å². The van der Waals surface area contributed by atoms with Gasteiger partial charge in [0, 0.05) is 24.0 Å². The molecule has 8 heteroatoms. The van der Waals surface area contributed by atoms with Crippen molar-refractivity contribution in [3.63, 3.8) is 0 Å². The summed E-state index contributed by atoms with van der Waals surface area (Å²) in [7, 11) is 2.96. The topological polar surface area (TPSA) is 83.5 Å². The van der Waals surface area contributed by atoms with E-state index in [1.807, 2.05) is 0 Å². The van der Waals surface area contributed by atoms with E-state index in [0.717, 1.165) is 25.7 Å². The van der Waals surface area contributed by atoms with Gasteiger partial charge in [0.25, 0.3) is 0 Å². The summed E-state index contributed by atoms with van der Waals surface area (Å²) in [4.78, 5) is 12.1. The zero-order valence-electron chi connectivity index (χ0n) is 20.5. The Morgan fingerprint density at radius 2 is 1.83 bits per heavy atom.